The minimum Gasteiger partial charge on any atom is -0.396 e. The molecule has 0 aliphatic carbocycles. The van der Waals surface area contributed by atoms with Gasteiger partial charge in [-0.15, -0.1) is 0 Å². The lowest BCUT2D eigenvalue weighted by Gasteiger charge is -2.27. The molecule has 1 rings (SSSR count). The van der Waals surface area contributed by atoms with E-state index in [2.05, 4.69) is 55.8 Å². The van der Waals surface area contributed by atoms with Gasteiger partial charge in [-0.2, -0.15) is 11.8 Å². The average molecular weight is 267 g/mol. The Morgan fingerprint density at radius 3 is 2.44 bits per heavy atom. The second kappa shape index (κ2) is 8.57. The normalized spacial score (nSPS) is 16.2. The zero-order valence-electron chi connectivity index (χ0n) is 11.6. The summed E-state index contributed by atoms with van der Waals surface area (Å²) in [6.07, 6.45) is 2.93. The predicted molar refractivity (Wildman–Crippen MR) is 81.3 cm³/mol. The summed E-state index contributed by atoms with van der Waals surface area (Å²) in [7, 11) is 0. The maximum absolute atomic E-state index is 9.08. The summed E-state index contributed by atoms with van der Waals surface area (Å²) < 4.78 is 0. The molecule has 3 atom stereocenters. The van der Waals surface area contributed by atoms with Gasteiger partial charge in [0.05, 0.1) is 0 Å². The quantitative estimate of drug-likeness (QED) is 0.759. The molecular formula is C15H25NOS. The second-order valence-electron chi connectivity index (χ2n) is 4.82. The highest BCUT2D eigenvalue weighted by molar-refractivity contribution is 7.98. The Morgan fingerprint density at radius 1 is 1.22 bits per heavy atom. The van der Waals surface area contributed by atoms with E-state index in [0.29, 0.717) is 18.0 Å². The molecule has 0 aliphatic rings. The fraction of sp³-hybridized carbons (Fsp3) is 0.600. The third kappa shape index (κ3) is 5.01. The van der Waals surface area contributed by atoms with Crippen LogP contribution in [0, 0.1) is 0 Å². The van der Waals surface area contributed by atoms with Crippen molar-refractivity contribution >= 4 is 11.8 Å². The van der Waals surface area contributed by atoms with Crippen LogP contribution in [0.4, 0.5) is 0 Å². The van der Waals surface area contributed by atoms with Crippen LogP contribution in [0.1, 0.15) is 31.7 Å². The van der Waals surface area contributed by atoms with Crippen LogP contribution in [0.5, 0.6) is 0 Å². The Hall–Kier alpha value is -0.510. The Kier molecular flexibility index (Phi) is 7.40. The molecule has 0 aliphatic heterocycles. The summed E-state index contributed by atoms with van der Waals surface area (Å²) in [5.74, 6) is 1.53. The van der Waals surface area contributed by atoms with Crippen molar-refractivity contribution in [3.05, 3.63) is 35.9 Å². The predicted octanol–water partition coefficient (Wildman–Crippen LogP) is 2.88. The molecule has 3 unspecified atom stereocenters. The summed E-state index contributed by atoms with van der Waals surface area (Å²) in [4.78, 5) is 0. The number of aliphatic hydroxyl groups excluding tert-OH is 1. The van der Waals surface area contributed by atoms with Crippen LogP contribution in [0.3, 0.4) is 0 Å². The molecular weight excluding hydrogens is 242 g/mol. The lowest BCUT2D eigenvalue weighted by atomic mass is 9.94. The minimum atomic E-state index is 0.255. The first kappa shape index (κ1) is 15.5. The monoisotopic (exact) mass is 267 g/mol. The van der Waals surface area contributed by atoms with Crippen molar-refractivity contribution in [1.82, 2.24) is 5.32 Å². The molecule has 3 heteroatoms. The van der Waals surface area contributed by atoms with E-state index in [1.165, 1.54) is 5.56 Å². The number of hydrogen-bond acceptors (Lipinski definition) is 3. The van der Waals surface area contributed by atoms with Gasteiger partial charge in [-0.25, -0.2) is 0 Å². The standard InChI is InChI=1S/C15H25NOS/c1-12(14-7-5-4-6-8-14)13(2)16-15(9-10-17)11-18-3/h4-8,12-13,15-17H,9-11H2,1-3H3. The van der Waals surface area contributed by atoms with E-state index in [-0.39, 0.29) is 6.61 Å². The van der Waals surface area contributed by atoms with Crippen LogP contribution < -0.4 is 5.32 Å². The fourth-order valence-electron chi connectivity index (χ4n) is 2.13. The van der Waals surface area contributed by atoms with Crippen LogP contribution in [-0.2, 0) is 0 Å². The number of thioether (sulfide) groups is 1. The maximum Gasteiger partial charge on any atom is 0.0446 e. The van der Waals surface area contributed by atoms with E-state index >= 15 is 0 Å². The first-order chi connectivity index (χ1) is 8.69. The molecule has 0 bridgehead atoms. The van der Waals surface area contributed by atoms with Crippen molar-refractivity contribution in [1.29, 1.82) is 0 Å². The molecule has 18 heavy (non-hydrogen) atoms. The van der Waals surface area contributed by atoms with Crippen molar-refractivity contribution in [2.45, 2.75) is 38.3 Å². The van der Waals surface area contributed by atoms with E-state index in [1.807, 2.05) is 11.8 Å². The zero-order valence-corrected chi connectivity index (χ0v) is 12.4. The number of aliphatic hydroxyl groups is 1. The second-order valence-corrected chi connectivity index (χ2v) is 5.73. The summed E-state index contributed by atoms with van der Waals surface area (Å²) >= 11 is 1.83. The minimum absolute atomic E-state index is 0.255. The molecule has 0 saturated heterocycles. The summed E-state index contributed by atoms with van der Waals surface area (Å²) in [6.45, 7) is 4.73. The third-order valence-corrected chi connectivity index (χ3v) is 4.16. The van der Waals surface area contributed by atoms with Crippen molar-refractivity contribution in [3.8, 4) is 0 Å². The van der Waals surface area contributed by atoms with Gasteiger partial charge in [0, 0.05) is 24.4 Å². The first-order valence-electron chi connectivity index (χ1n) is 6.59. The molecule has 0 heterocycles. The lowest BCUT2D eigenvalue weighted by molar-refractivity contribution is 0.262. The number of rotatable bonds is 8. The van der Waals surface area contributed by atoms with Crippen LogP contribution in [0.15, 0.2) is 30.3 Å². The van der Waals surface area contributed by atoms with Crippen molar-refractivity contribution in [2.24, 2.45) is 0 Å². The number of benzene rings is 1. The fourth-order valence-corrected chi connectivity index (χ4v) is 2.80. The van der Waals surface area contributed by atoms with Crippen LogP contribution in [0.2, 0.25) is 0 Å². The summed E-state index contributed by atoms with van der Waals surface area (Å²) in [6, 6.07) is 11.4. The van der Waals surface area contributed by atoms with Gasteiger partial charge in [-0.3, -0.25) is 0 Å². The van der Waals surface area contributed by atoms with Crippen LogP contribution in [-0.4, -0.2) is 35.8 Å². The largest absolute Gasteiger partial charge is 0.396 e. The van der Waals surface area contributed by atoms with Gasteiger partial charge in [0.2, 0.25) is 0 Å². The van der Waals surface area contributed by atoms with Crippen LogP contribution in [0.25, 0.3) is 0 Å². The molecule has 102 valence electrons. The molecule has 2 nitrogen and oxygen atoms in total. The Bertz CT molecular complexity index is 312. The van der Waals surface area contributed by atoms with Gasteiger partial charge >= 0.3 is 0 Å². The van der Waals surface area contributed by atoms with E-state index < -0.39 is 0 Å². The van der Waals surface area contributed by atoms with Gasteiger partial charge in [0.25, 0.3) is 0 Å². The molecule has 0 saturated carbocycles. The first-order valence-corrected chi connectivity index (χ1v) is 7.99. The Balaban J connectivity index is 2.55. The SMILES string of the molecule is CSCC(CCO)NC(C)C(C)c1ccccc1. The highest BCUT2D eigenvalue weighted by atomic mass is 32.2. The van der Waals surface area contributed by atoms with Crippen molar-refractivity contribution in [2.75, 3.05) is 18.6 Å². The molecule has 1 aromatic rings. The third-order valence-electron chi connectivity index (χ3n) is 3.42. The van der Waals surface area contributed by atoms with Crippen molar-refractivity contribution < 1.29 is 5.11 Å². The van der Waals surface area contributed by atoms with Crippen molar-refractivity contribution in [3.63, 3.8) is 0 Å². The Morgan fingerprint density at radius 2 is 1.89 bits per heavy atom. The average Bonchev–Trinajstić information content (AvgIpc) is 2.39. The smallest absolute Gasteiger partial charge is 0.0446 e. The van der Waals surface area contributed by atoms with Crippen LogP contribution >= 0.6 is 11.8 Å². The molecule has 0 amide bonds. The number of nitrogens with one attached hydrogen (secondary N) is 1. The van der Waals surface area contributed by atoms with E-state index in [9.17, 15) is 0 Å². The highest BCUT2D eigenvalue weighted by Crippen LogP contribution is 2.19. The zero-order chi connectivity index (χ0) is 13.4. The topological polar surface area (TPSA) is 32.3 Å². The number of hydrogen-bond donors (Lipinski definition) is 2. The van der Waals surface area contributed by atoms with E-state index in [1.54, 1.807) is 0 Å². The molecule has 0 aromatic heterocycles. The van der Waals surface area contributed by atoms with Gasteiger partial charge in [0.1, 0.15) is 0 Å². The van der Waals surface area contributed by atoms with Gasteiger partial charge in [0.15, 0.2) is 0 Å². The van der Waals surface area contributed by atoms with Gasteiger partial charge < -0.3 is 10.4 Å². The van der Waals surface area contributed by atoms with Gasteiger partial charge in [-0.1, -0.05) is 37.3 Å². The molecule has 0 spiro atoms. The molecule has 0 fully saturated rings. The summed E-state index contributed by atoms with van der Waals surface area (Å²) in [5.41, 5.74) is 1.37. The Labute approximate surface area is 115 Å². The molecule has 2 N–H and O–H groups in total. The molecule has 1 aromatic carbocycles. The highest BCUT2D eigenvalue weighted by Gasteiger charge is 2.17. The molecule has 0 radical (unpaired) electrons. The van der Waals surface area contributed by atoms with E-state index in [0.717, 1.165) is 12.2 Å². The summed E-state index contributed by atoms with van der Waals surface area (Å²) in [5, 5.41) is 12.7. The lowest BCUT2D eigenvalue weighted by Crippen LogP contribution is -2.41. The van der Waals surface area contributed by atoms with Gasteiger partial charge in [-0.05, 0) is 31.1 Å². The maximum atomic E-state index is 9.08. The van der Waals surface area contributed by atoms with E-state index in [4.69, 9.17) is 5.11 Å².